The Bertz CT molecular complexity index is 1440. The highest BCUT2D eigenvalue weighted by Gasteiger charge is 2.13. The van der Waals surface area contributed by atoms with Gasteiger partial charge in [0.1, 0.15) is 5.82 Å². The Morgan fingerprint density at radius 3 is 2.38 bits per heavy atom. The van der Waals surface area contributed by atoms with Gasteiger partial charge in [-0.25, -0.2) is 4.98 Å². The van der Waals surface area contributed by atoms with E-state index in [4.69, 9.17) is 10.1 Å². The lowest BCUT2D eigenvalue weighted by Gasteiger charge is -2.16. The van der Waals surface area contributed by atoms with Crippen molar-refractivity contribution < 1.29 is 0 Å². The summed E-state index contributed by atoms with van der Waals surface area (Å²) in [7, 11) is 0. The lowest BCUT2D eigenvalue weighted by atomic mass is 9.97. The van der Waals surface area contributed by atoms with Crippen LogP contribution >= 0.6 is 11.9 Å². The van der Waals surface area contributed by atoms with Crippen molar-refractivity contribution in [3.05, 3.63) is 108 Å². The topological polar surface area (TPSA) is 63.8 Å². The molecular formula is C29H26N4S. The SMILES string of the molecule is Cc1cc(C)cc(CNc2nc(-c3cncc(SN)c3)cc3cccc(-c4ccccc4)c23)c1. The van der Waals surface area contributed by atoms with E-state index in [0.29, 0.717) is 6.54 Å². The van der Waals surface area contributed by atoms with E-state index in [2.05, 4.69) is 90.9 Å². The molecule has 0 aliphatic rings. The molecule has 0 saturated heterocycles. The number of nitrogens with two attached hydrogens (primary N) is 1. The molecule has 5 heteroatoms. The van der Waals surface area contributed by atoms with Gasteiger partial charge in [-0.1, -0.05) is 77.9 Å². The van der Waals surface area contributed by atoms with Crippen molar-refractivity contribution in [2.24, 2.45) is 5.14 Å². The van der Waals surface area contributed by atoms with Gasteiger partial charge in [-0.2, -0.15) is 0 Å². The van der Waals surface area contributed by atoms with Crippen LogP contribution < -0.4 is 10.5 Å². The van der Waals surface area contributed by atoms with Crippen LogP contribution in [0.2, 0.25) is 0 Å². The number of aryl methyl sites for hydroxylation is 2. The molecule has 168 valence electrons. The van der Waals surface area contributed by atoms with Gasteiger partial charge in [0.25, 0.3) is 0 Å². The second-order valence-electron chi connectivity index (χ2n) is 8.50. The van der Waals surface area contributed by atoms with Gasteiger partial charge in [-0.15, -0.1) is 0 Å². The zero-order valence-electron chi connectivity index (χ0n) is 19.2. The van der Waals surface area contributed by atoms with Gasteiger partial charge in [0.15, 0.2) is 0 Å². The van der Waals surface area contributed by atoms with Gasteiger partial charge >= 0.3 is 0 Å². The first-order valence-corrected chi connectivity index (χ1v) is 12.1. The smallest absolute Gasteiger partial charge is 0.135 e. The third kappa shape index (κ3) is 4.67. The molecule has 3 aromatic carbocycles. The maximum Gasteiger partial charge on any atom is 0.135 e. The molecule has 0 spiro atoms. The minimum Gasteiger partial charge on any atom is -0.365 e. The molecule has 0 bridgehead atoms. The minimum absolute atomic E-state index is 0.689. The second kappa shape index (κ2) is 9.67. The molecule has 0 fully saturated rings. The number of nitrogens with one attached hydrogen (secondary N) is 1. The largest absolute Gasteiger partial charge is 0.365 e. The molecule has 0 aliphatic heterocycles. The minimum atomic E-state index is 0.689. The Morgan fingerprint density at radius 1 is 0.824 bits per heavy atom. The van der Waals surface area contributed by atoms with Gasteiger partial charge < -0.3 is 5.32 Å². The van der Waals surface area contributed by atoms with Crippen LogP contribution in [0.4, 0.5) is 5.82 Å². The first kappa shape index (κ1) is 22.1. The van der Waals surface area contributed by atoms with Crippen LogP contribution in [-0.4, -0.2) is 9.97 Å². The van der Waals surface area contributed by atoms with Crippen molar-refractivity contribution in [3.63, 3.8) is 0 Å². The fourth-order valence-electron chi connectivity index (χ4n) is 4.42. The maximum absolute atomic E-state index is 5.78. The molecule has 3 N–H and O–H groups in total. The zero-order valence-corrected chi connectivity index (χ0v) is 20.1. The van der Waals surface area contributed by atoms with Crippen LogP contribution in [0.15, 0.2) is 96.2 Å². The van der Waals surface area contributed by atoms with Gasteiger partial charge in [-0.05, 0) is 60.0 Å². The van der Waals surface area contributed by atoms with Crippen LogP contribution in [0.1, 0.15) is 16.7 Å². The summed E-state index contributed by atoms with van der Waals surface area (Å²) in [4.78, 5) is 10.4. The number of benzene rings is 3. The van der Waals surface area contributed by atoms with Gasteiger partial charge in [0.05, 0.1) is 5.69 Å². The van der Waals surface area contributed by atoms with E-state index in [-0.39, 0.29) is 0 Å². The van der Waals surface area contributed by atoms with E-state index < -0.39 is 0 Å². The number of anilines is 1. The number of aromatic nitrogens is 2. The zero-order chi connectivity index (χ0) is 23.5. The maximum atomic E-state index is 5.78. The van der Waals surface area contributed by atoms with Gasteiger partial charge in [0, 0.05) is 34.8 Å². The summed E-state index contributed by atoms with van der Waals surface area (Å²) in [6.07, 6.45) is 3.60. The fraction of sp³-hybridized carbons (Fsp3) is 0.103. The summed E-state index contributed by atoms with van der Waals surface area (Å²) in [5.74, 6) is 0.858. The molecule has 0 unspecified atom stereocenters. The first-order valence-electron chi connectivity index (χ1n) is 11.2. The van der Waals surface area contributed by atoms with Crippen molar-refractivity contribution in [1.29, 1.82) is 0 Å². The number of hydrogen-bond acceptors (Lipinski definition) is 5. The first-order chi connectivity index (χ1) is 16.6. The molecule has 0 saturated carbocycles. The molecule has 2 aromatic heterocycles. The van der Waals surface area contributed by atoms with E-state index in [1.54, 1.807) is 6.20 Å². The highest BCUT2D eigenvalue weighted by molar-refractivity contribution is 7.97. The van der Waals surface area contributed by atoms with Crippen molar-refractivity contribution in [1.82, 2.24) is 9.97 Å². The quantitative estimate of drug-likeness (QED) is 0.262. The predicted molar refractivity (Wildman–Crippen MR) is 144 cm³/mol. The van der Waals surface area contributed by atoms with E-state index in [9.17, 15) is 0 Å². The molecule has 34 heavy (non-hydrogen) atoms. The average Bonchev–Trinajstić information content (AvgIpc) is 2.86. The standard InChI is InChI=1S/C29H26N4S/c1-19-11-20(2)13-21(12-19)16-32-29-28-23(9-6-10-26(28)22-7-4-3-5-8-22)15-27(33-29)24-14-25(34-30)18-31-17-24/h3-15,17-18H,16,30H2,1-2H3,(H,32,33). The summed E-state index contributed by atoms with van der Waals surface area (Å²) in [6, 6.07) is 27.7. The summed E-state index contributed by atoms with van der Waals surface area (Å²) in [6.45, 7) is 4.95. The van der Waals surface area contributed by atoms with Crippen LogP contribution in [0.3, 0.4) is 0 Å². The molecule has 4 nitrogen and oxygen atoms in total. The van der Waals surface area contributed by atoms with Crippen molar-refractivity contribution in [2.75, 3.05) is 5.32 Å². The Kier molecular flexibility index (Phi) is 6.30. The Hall–Kier alpha value is -3.67. The Morgan fingerprint density at radius 2 is 1.62 bits per heavy atom. The van der Waals surface area contributed by atoms with E-state index in [1.165, 1.54) is 34.2 Å². The van der Waals surface area contributed by atoms with Crippen LogP contribution in [-0.2, 0) is 6.54 Å². The molecule has 0 atom stereocenters. The third-order valence-corrected chi connectivity index (χ3v) is 6.32. The van der Waals surface area contributed by atoms with Gasteiger partial charge in [-0.3, -0.25) is 10.1 Å². The normalized spacial score (nSPS) is 11.0. The van der Waals surface area contributed by atoms with E-state index in [0.717, 1.165) is 38.3 Å². The summed E-state index contributed by atoms with van der Waals surface area (Å²) in [5, 5.41) is 11.7. The highest BCUT2D eigenvalue weighted by atomic mass is 32.2. The molecule has 5 rings (SSSR count). The number of nitrogens with zero attached hydrogens (tertiary/aromatic N) is 2. The molecule has 0 amide bonds. The van der Waals surface area contributed by atoms with Crippen LogP contribution in [0.5, 0.6) is 0 Å². The van der Waals surface area contributed by atoms with E-state index in [1.807, 2.05) is 18.3 Å². The highest BCUT2D eigenvalue weighted by Crippen LogP contribution is 2.36. The Balaban J connectivity index is 1.66. The molecule has 0 radical (unpaired) electrons. The van der Waals surface area contributed by atoms with Gasteiger partial charge in [0.2, 0.25) is 0 Å². The molecule has 0 aliphatic carbocycles. The summed E-state index contributed by atoms with van der Waals surface area (Å²) in [5.41, 5.74) is 7.88. The average molecular weight is 463 g/mol. The lowest BCUT2D eigenvalue weighted by molar-refractivity contribution is 1.11. The number of pyridine rings is 2. The van der Waals surface area contributed by atoms with Crippen molar-refractivity contribution >= 4 is 28.5 Å². The van der Waals surface area contributed by atoms with Crippen molar-refractivity contribution in [3.8, 4) is 22.4 Å². The molecular weight excluding hydrogens is 436 g/mol. The summed E-state index contributed by atoms with van der Waals surface area (Å²) < 4.78 is 0. The molecule has 2 heterocycles. The fourth-order valence-corrected chi connectivity index (χ4v) is 4.74. The van der Waals surface area contributed by atoms with E-state index >= 15 is 0 Å². The third-order valence-electron chi connectivity index (χ3n) is 5.83. The predicted octanol–water partition coefficient (Wildman–Crippen LogP) is 7.16. The number of hydrogen-bond donors (Lipinski definition) is 2. The summed E-state index contributed by atoms with van der Waals surface area (Å²) >= 11 is 1.19. The van der Waals surface area contributed by atoms with Crippen LogP contribution in [0, 0.1) is 13.8 Å². The van der Waals surface area contributed by atoms with Crippen molar-refractivity contribution in [2.45, 2.75) is 25.3 Å². The Labute approximate surface area is 204 Å². The lowest BCUT2D eigenvalue weighted by Crippen LogP contribution is -2.04. The number of fused-ring (bicyclic) bond motifs is 1. The number of rotatable bonds is 6. The second-order valence-corrected chi connectivity index (χ2v) is 9.21. The monoisotopic (exact) mass is 462 g/mol. The van der Waals surface area contributed by atoms with Crippen LogP contribution in [0.25, 0.3) is 33.2 Å². The molecule has 5 aromatic rings.